The van der Waals surface area contributed by atoms with E-state index in [2.05, 4.69) is 10.4 Å². The van der Waals surface area contributed by atoms with Gasteiger partial charge in [0.15, 0.2) is 0 Å². The highest BCUT2D eigenvalue weighted by Gasteiger charge is 2.19. The molecule has 1 aliphatic rings. The van der Waals surface area contributed by atoms with Gasteiger partial charge >= 0.3 is 5.97 Å². The van der Waals surface area contributed by atoms with Crippen LogP contribution in [-0.2, 0) is 4.74 Å². The number of carbonyl (C=O) groups excluding carboxylic acids is 1. The van der Waals surface area contributed by atoms with E-state index in [4.69, 9.17) is 9.84 Å². The molecule has 1 aromatic heterocycles. The number of aromatic carboxylic acids is 1. The lowest BCUT2D eigenvalue weighted by atomic mass is 10.1. The van der Waals surface area contributed by atoms with Gasteiger partial charge < -0.3 is 9.84 Å². The number of nitrogens with zero attached hydrogens (tertiary/aromatic N) is 2. The molecule has 1 aromatic rings. The van der Waals surface area contributed by atoms with Crippen molar-refractivity contribution in [2.24, 2.45) is 0 Å². The van der Waals surface area contributed by atoms with Gasteiger partial charge in [-0.25, -0.2) is 9.80 Å². The zero-order valence-electron chi connectivity index (χ0n) is 9.63. The van der Waals surface area contributed by atoms with E-state index >= 15 is 0 Å². The molecule has 0 aliphatic carbocycles. The maximum atomic E-state index is 12.0. The number of hydrazine groups is 1. The van der Waals surface area contributed by atoms with Gasteiger partial charge in [0.2, 0.25) is 0 Å². The van der Waals surface area contributed by atoms with Crippen LogP contribution in [0, 0.1) is 0 Å². The molecule has 7 nitrogen and oxygen atoms in total. The highest BCUT2D eigenvalue weighted by Crippen LogP contribution is 2.07. The van der Waals surface area contributed by atoms with Crippen LogP contribution in [0.1, 0.15) is 20.7 Å². The summed E-state index contributed by atoms with van der Waals surface area (Å²) in [6.45, 7) is 2.25. The van der Waals surface area contributed by atoms with E-state index in [1.54, 1.807) is 5.01 Å². The van der Waals surface area contributed by atoms with Crippen LogP contribution in [0.5, 0.6) is 0 Å². The Hall–Kier alpha value is -1.99. The first-order chi connectivity index (χ1) is 8.68. The Bertz CT molecular complexity index is 457. The number of carboxylic acids is 1. The van der Waals surface area contributed by atoms with Crippen molar-refractivity contribution < 1.29 is 19.4 Å². The molecule has 18 heavy (non-hydrogen) atoms. The van der Waals surface area contributed by atoms with Gasteiger partial charge in [0.1, 0.15) is 0 Å². The summed E-state index contributed by atoms with van der Waals surface area (Å²) in [6, 6.07) is 1.39. The van der Waals surface area contributed by atoms with Crippen LogP contribution in [0.25, 0.3) is 0 Å². The standard InChI is InChI=1S/C11H13N3O4/c15-10(13-14-3-5-18-6-4-14)8-1-2-12-7-9(8)11(16)17/h1-2,7H,3-6H2,(H,13,15)(H,16,17). The average Bonchev–Trinajstić information content (AvgIpc) is 2.40. The fourth-order valence-electron chi connectivity index (χ4n) is 1.64. The number of carbonyl (C=O) groups is 2. The number of carboxylic acid groups (broad SMARTS) is 1. The van der Waals surface area contributed by atoms with E-state index in [-0.39, 0.29) is 11.1 Å². The van der Waals surface area contributed by atoms with Gasteiger partial charge in [-0.3, -0.25) is 15.2 Å². The number of hydrogen-bond acceptors (Lipinski definition) is 5. The fourth-order valence-corrected chi connectivity index (χ4v) is 1.64. The van der Waals surface area contributed by atoms with Crippen molar-refractivity contribution in [3.63, 3.8) is 0 Å². The molecule has 0 unspecified atom stereocenters. The van der Waals surface area contributed by atoms with Crippen molar-refractivity contribution >= 4 is 11.9 Å². The lowest BCUT2D eigenvalue weighted by Gasteiger charge is -2.27. The van der Waals surface area contributed by atoms with Gasteiger partial charge in [0.05, 0.1) is 24.3 Å². The van der Waals surface area contributed by atoms with Crippen molar-refractivity contribution in [2.75, 3.05) is 26.3 Å². The molecule has 1 fully saturated rings. The topological polar surface area (TPSA) is 91.8 Å². The highest BCUT2D eigenvalue weighted by molar-refractivity contribution is 6.04. The summed E-state index contributed by atoms with van der Waals surface area (Å²) in [7, 11) is 0. The lowest BCUT2D eigenvalue weighted by Crippen LogP contribution is -2.48. The monoisotopic (exact) mass is 251 g/mol. The summed E-state index contributed by atoms with van der Waals surface area (Å²) in [6.07, 6.45) is 2.55. The summed E-state index contributed by atoms with van der Waals surface area (Å²) < 4.78 is 5.15. The molecular formula is C11H13N3O4. The molecule has 96 valence electrons. The van der Waals surface area contributed by atoms with Crippen molar-refractivity contribution in [2.45, 2.75) is 0 Å². The second-order valence-corrected chi connectivity index (χ2v) is 3.77. The number of nitrogens with one attached hydrogen (secondary N) is 1. The quantitative estimate of drug-likeness (QED) is 0.770. The van der Waals surface area contributed by atoms with Crippen LogP contribution in [0.4, 0.5) is 0 Å². The molecule has 0 aromatic carbocycles. The molecule has 1 saturated heterocycles. The number of ether oxygens (including phenoxy) is 1. The van der Waals surface area contributed by atoms with E-state index < -0.39 is 11.9 Å². The highest BCUT2D eigenvalue weighted by atomic mass is 16.5. The summed E-state index contributed by atoms with van der Waals surface area (Å²) in [5.74, 6) is -1.62. The largest absolute Gasteiger partial charge is 0.478 e. The number of hydrogen-bond donors (Lipinski definition) is 2. The van der Waals surface area contributed by atoms with E-state index in [1.807, 2.05) is 0 Å². The van der Waals surface area contributed by atoms with E-state index in [0.29, 0.717) is 26.3 Å². The van der Waals surface area contributed by atoms with Crippen LogP contribution < -0.4 is 5.43 Å². The van der Waals surface area contributed by atoms with Crippen molar-refractivity contribution in [3.8, 4) is 0 Å². The van der Waals surface area contributed by atoms with Crippen LogP contribution >= 0.6 is 0 Å². The van der Waals surface area contributed by atoms with Gasteiger partial charge in [0, 0.05) is 25.5 Å². The molecule has 0 bridgehead atoms. The Labute approximate surface area is 103 Å². The summed E-state index contributed by atoms with van der Waals surface area (Å²) in [5.41, 5.74) is 2.65. The van der Waals surface area contributed by atoms with Gasteiger partial charge in [-0.05, 0) is 6.07 Å². The smallest absolute Gasteiger partial charge is 0.338 e. The molecule has 0 saturated carbocycles. The van der Waals surface area contributed by atoms with E-state index in [1.165, 1.54) is 12.3 Å². The Morgan fingerprint density at radius 3 is 2.72 bits per heavy atom. The molecule has 7 heteroatoms. The Kier molecular flexibility index (Phi) is 3.85. The van der Waals surface area contributed by atoms with Crippen LogP contribution in [0.3, 0.4) is 0 Å². The number of rotatable bonds is 3. The third-order valence-corrected chi connectivity index (χ3v) is 2.57. The first-order valence-electron chi connectivity index (χ1n) is 5.49. The normalized spacial score (nSPS) is 16.2. The Morgan fingerprint density at radius 2 is 2.06 bits per heavy atom. The van der Waals surface area contributed by atoms with Gasteiger partial charge in [-0.1, -0.05) is 0 Å². The first kappa shape index (κ1) is 12.5. The van der Waals surface area contributed by atoms with E-state index in [9.17, 15) is 9.59 Å². The van der Waals surface area contributed by atoms with Crippen molar-refractivity contribution in [1.29, 1.82) is 0 Å². The van der Waals surface area contributed by atoms with Gasteiger partial charge in [0.25, 0.3) is 5.91 Å². The van der Waals surface area contributed by atoms with Crippen molar-refractivity contribution in [1.82, 2.24) is 15.4 Å². The third kappa shape index (κ3) is 2.82. The Balaban J connectivity index is 2.10. The minimum absolute atomic E-state index is 0.101. The molecule has 2 N–H and O–H groups in total. The summed E-state index contributed by atoms with van der Waals surface area (Å²) in [5, 5.41) is 10.7. The minimum atomic E-state index is -1.17. The maximum absolute atomic E-state index is 12.0. The third-order valence-electron chi connectivity index (χ3n) is 2.57. The zero-order chi connectivity index (χ0) is 13.0. The molecule has 2 heterocycles. The van der Waals surface area contributed by atoms with Gasteiger partial charge in [-0.15, -0.1) is 0 Å². The van der Waals surface area contributed by atoms with Crippen LogP contribution in [0.15, 0.2) is 18.5 Å². The molecular weight excluding hydrogens is 238 g/mol. The SMILES string of the molecule is O=C(O)c1cnccc1C(=O)NN1CCOCC1. The predicted molar refractivity (Wildman–Crippen MR) is 61.1 cm³/mol. The Morgan fingerprint density at radius 1 is 1.33 bits per heavy atom. The molecule has 0 atom stereocenters. The lowest BCUT2D eigenvalue weighted by molar-refractivity contribution is 0.0125. The average molecular weight is 251 g/mol. The number of pyridine rings is 1. The van der Waals surface area contributed by atoms with E-state index in [0.717, 1.165) is 6.20 Å². The predicted octanol–water partition coefficient (Wildman–Crippen LogP) is -0.243. The number of aromatic nitrogens is 1. The minimum Gasteiger partial charge on any atom is -0.478 e. The molecule has 2 rings (SSSR count). The second-order valence-electron chi connectivity index (χ2n) is 3.77. The maximum Gasteiger partial charge on any atom is 0.338 e. The number of morpholine rings is 1. The summed E-state index contributed by atoms with van der Waals surface area (Å²) in [4.78, 5) is 26.6. The molecule has 1 amide bonds. The first-order valence-corrected chi connectivity index (χ1v) is 5.49. The fraction of sp³-hybridized carbons (Fsp3) is 0.364. The second kappa shape index (κ2) is 5.56. The van der Waals surface area contributed by atoms with Crippen molar-refractivity contribution in [3.05, 3.63) is 29.6 Å². The van der Waals surface area contributed by atoms with Crippen LogP contribution in [-0.4, -0.2) is 53.3 Å². The van der Waals surface area contributed by atoms with Gasteiger partial charge in [-0.2, -0.15) is 0 Å². The number of amides is 1. The molecule has 1 aliphatic heterocycles. The summed E-state index contributed by atoms with van der Waals surface area (Å²) >= 11 is 0. The molecule has 0 spiro atoms. The molecule has 0 radical (unpaired) electrons. The van der Waals surface area contributed by atoms with Crippen LogP contribution in [0.2, 0.25) is 0 Å². The zero-order valence-corrected chi connectivity index (χ0v) is 9.63.